The van der Waals surface area contributed by atoms with Gasteiger partial charge in [-0.15, -0.1) is 0 Å². The number of ether oxygens (including phenoxy) is 1. The van der Waals surface area contributed by atoms with Crippen LogP contribution in [0.4, 0.5) is 5.82 Å². The molecule has 0 spiro atoms. The highest BCUT2D eigenvalue weighted by Crippen LogP contribution is 2.33. The van der Waals surface area contributed by atoms with Crippen LogP contribution < -0.4 is 0 Å². The number of fused-ring (bicyclic) bond motifs is 1. The van der Waals surface area contributed by atoms with Crippen LogP contribution in [0.5, 0.6) is 0 Å². The van der Waals surface area contributed by atoms with E-state index in [0.29, 0.717) is 11.6 Å². The molecule has 22 heavy (non-hydrogen) atoms. The van der Waals surface area contributed by atoms with E-state index in [1.807, 2.05) is 42.7 Å². The van der Waals surface area contributed by atoms with E-state index in [4.69, 9.17) is 4.74 Å². The van der Waals surface area contributed by atoms with E-state index >= 15 is 0 Å². The summed E-state index contributed by atoms with van der Waals surface area (Å²) in [5.41, 5.74) is 0.821. The molecule has 2 unspecified atom stereocenters. The first-order chi connectivity index (χ1) is 10.6. The molecule has 3 rings (SSSR count). The van der Waals surface area contributed by atoms with Crippen molar-refractivity contribution in [2.45, 2.75) is 32.1 Å². The molecule has 2 aromatic heterocycles. The molecule has 0 saturated carbocycles. The standard InChI is InChI=1S/C15H21N5O2/c1-10-17-14(16-9-19(2)3)12-6-7-20(15(12)18-10)13-5-4-11(8-21)22-13/h6-7,9,11,13,21H,4-5,8H2,1-3H3/b16-9+. The highest BCUT2D eigenvalue weighted by atomic mass is 16.5. The van der Waals surface area contributed by atoms with Crippen molar-refractivity contribution in [3.63, 3.8) is 0 Å². The Kier molecular flexibility index (Phi) is 4.08. The van der Waals surface area contributed by atoms with Crippen LogP contribution in [0.2, 0.25) is 0 Å². The number of hydrogen-bond acceptors (Lipinski definition) is 5. The predicted octanol–water partition coefficient (Wildman–Crippen LogP) is 1.63. The summed E-state index contributed by atoms with van der Waals surface area (Å²) in [7, 11) is 3.84. The average Bonchev–Trinajstić information content (AvgIpc) is 3.10. The molecule has 1 aliphatic rings. The molecule has 0 aromatic carbocycles. The van der Waals surface area contributed by atoms with Crippen LogP contribution in [-0.2, 0) is 4.74 Å². The van der Waals surface area contributed by atoms with Crippen molar-refractivity contribution in [2.24, 2.45) is 4.99 Å². The zero-order valence-electron chi connectivity index (χ0n) is 13.1. The average molecular weight is 303 g/mol. The minimum absolute atomic E-state index is 0.0576. The fourth-order valence-electron chi connectivity index (χ4n) is 2.65. The Labute approximate surface area is 129 Å². The van der Waals surface area contributed by atoms with Gasteiger partial charge >= 0.3 is 0 Å². The van der Waals surface area contributed by atoms with Crippen LogP contribution in [0.1, 0.15) is 24.9 Å². The SMILES string of the molecule is Cc1nc(/N=C/N(C)C)c2ccn(C3CCC(CO)O3)c2n1. The van der Waals surface area contributed by atoms with Crippen LogP contribution in [-0.4, -0.2) is 57.7 Å². The van der Waals surface area contributed by atoms with Gasteiger partial charge in [0, 0.05) is 20.3 Å². The Morgan fingerprint density at radius 3 is 2.95 bits per heavy atom. The summed E-state index contributed by atoms with van der Waals surface area (Å²) < 4.78 is 7.86. The molecule has 7 heteroatoms. The van der Waals surface area contributed by atoms with Crippen LogP contribution in [0.3, 0.4) is 0 Å². The number of aliphatic imine (C=N–C) groups is 1. The zero-order valence-corrected chi connectivity index (χ0v) is 13.1. The molecule has 2 atom stereocenters. The summed E-state index contributed by atoms with van der Waals surface area (Å²) in [5.74, 6) is 1.33. The normalized spacial score (nSPS) is 22.0. The second kappa shape index (κ2) is 6.02. The van der Waals surface area contributed by atoms with E-state index in [9.17, 15) is 5.11 Å². The molecule has 1 aliphatic heterocycles. The van der Waals surface area contributed by atoms with Gasteiger partial charge in [-0.3, -0.25) is 0 Å². The third-order valence-electron chi connectivity index (χ3n) is 3.67. The molecule has 0 amide bonds. The number of rotatable bonds is 4. The first-order valence-corrected chi connectivity index (χ1v) is 7.40. The molecule has 1 N–H and O–H groups in total. The molecule has 0 aliphatic carbocycles. The van der Waals surface area contributed by atoms with E-state index in [-0.39, 0.29) is 18.9 Å². The Bertz CT molecular complexity index is 695. The van der Waals surface area contributed by atoms with Crippen molar-refractivity contribution in [1.29, 1.82) is 0 Å². The van der Waals surface area contributed by atoms with E-state index in [1.165, 1.54) is 0 Å². The van der Waals surface area contributed by atoms with Gasteiger partial charge in [0.25, 0.3) is 0 Å². The lowest BCUT2D eigenvalue weighted by atomic mass is 10.2. The number of aliphatic hydroxyl groups is 1. The Morgan fingerprint density at radius 1 is 1.45 bits per heavy atom. The molecule has 3 heterocycles. The van der Waals surface area contributed by atoms with Crippen LogP contribution in [0.15, 0.2) is 17.3 Å². The number of aryl methyl sites for hydroxylation is 1. The molecule has 0 radical (unpaired) electrons. The molecule has 1 saturated heterocycles. The van der Waals surface area contributed by atoms with E-state index < -0.39 is 0 Å². The van der Waals surface area contributed by atoms with Gasteiger partial charge in [0.15, 0.2) is 5.82 Å². The van der Waals surface area contributed by atoms with Crippen molar-refractivity contribution in [3.05, 3.63) is 18.1 Å². The third kappa shape index (κ3) is 2.82. The lowest BCUT2D eigenvalue weighted by molar-refractivity contribution is -0.0204. The van der Waals surface area contributed by atoms with Gasteiger partial charge in [-0.25, -0.2) is 15.0 Å². The Hall–Kier alpha value is -1.99. The van der Waals surface area contributed by atoms with E-state index in [0.717, 1.165) is 23.9 Å². The molecule has 0 bridgehead atoms. The highest BCUT2D eigenvalue weighted by molar-refractivity contribution is 5.87. The first-order valence-electron chi connectivity index (χ1n) is 7.40. The maximum Gasteiger partial charge on any atom is 0.166 e. The van der Waals surface area contributed by atoms with Crippen molar-refractivity contribution < 1.29 is 9.84 Å². The van der Waals surface area contributed by atoms with Crippen LogP contribution in [0.25, 0.3) is 11.0 Å². The second-order valence-electron chi connectivity index (χ2n) is 5.74. The summed E-state index contributed by atoms with van der Waals surface area (Å²) in [6.07, 6.45) is 5.24. The largest absolute Gasteiger partial charge is 0.394 e. The number of hydrogen-bond donors (Lipinski definition) is 1. The van der Waals surface area contributed by atoms with Crippen LogP contribution in [0, 0.1) is 6.92 Å². The summed E-state index contributed by atoms with van der Waals surface area (Å²) >= 11 is 0. The first kappa shape index (κ1) is 14.9. The van der Waals surface area contributed by atoms with Crippen molar-refractivity contribution in [1.82, 2.24) is 19.4 Å². The lowest BCUT2D eigenvalue weighted by Crippen LogP contribution is -2.14. The van der Waals surface area contributed by atoms with Crippen molar-refractivity contribution in [2.75, 3.05) is 20.7 Å². The minimum atomic E-state index is -0.0883. The molecular weight excluding hydrogens is 282 g/mol. The van der Waals surface area contributed by atoms with Gasteiger partial charge in [0.1, 0.15) is 17.7 Å². The molecule has 1 fully saturated rings. The second-order valence-corrected chi connectivity index (χ2v) is 5.74. The number of aromatic nitrogens is 3. The lowest BCUT2D eigenvalue weighted by Gasteiger charge is -2.15. The van der Waals surface area contributed by atoms with Gasteiger partial charge in [-0.2, -0.15) is 0 Å². The quantitative estimate of drug-likeness (QED) is 0.686. The summed E-state index contributed by atoms with van der Waals surface area (Å²) in [6, 6.07) is 1.97. The maximum absolute atomic E-state index is 9.22. The molecule has 7 nitrogen and oxygen atoms in total. The summed E-state index contributed by atoms with van der Waals surface area (Å²) in [5, 5.41) is 10.1. The van der Waals surface area contributed by atoms with E-state index in [2.05, 4.69) is 15.0 Å². The van der Waals surface area contributed by atoms with Crippen molar-refractivity contribution in [3.8, 4) is 0 Å². The van der Waals surface area contributed by atoms with Crippen LogP contribution >= 0.6 is 0 Å². The molecular formula is C15H21N5O2. The maximum atomic E-state index is 9.22. The topological polar surface area (TPSA) is 75.8 Å². The zero-order chi connectivity index (χ0) is 15.7. The number of aliphatic hydroxyl groups excluding tert-OH is 1. The summed E-state index contributed by atoms with van der Waals surface area (Å²) in [6.45, 7) is 1.92. The fourth-order valence-corrected chi connectivity index (χ4v) is 2.65. The smallest absolute Gasteiger partial charge is 0.166 e. The fraction of sp³-hybridized carbons (Fsp3) is 0.533. The predicted molar refractivity (Wildman–Crippen MR) is 84.3 cm³/mol. The third-order valence-corrected chi connectivity index (χ3v) is 3.67. The highest BCUT2D eigenvalue weighted by Gasteiger charge is 2.27. The minimum Gasteiger partial charge on any atom is -0.394 e. The van der Waals surface area contributed by atoms with Crippen molar-refractivity contribution >= 4 is 23.2 Å². The van der Waals surface area contributed by atoms with Gasteiger partial charge in [0.2, 0.25) is 0 Å². The molecule has 118 valence electrons. The van der Waals surface area contributed by atoms with Gasteiger partial charge in [-0.1, -0.05) is 0 Å². The Morgan fingerprint density at radius 2 is 2.27 bits per heavy atom. The van der Waals surface area contributed by atoms with Gasteiger partial charge < -0.3 is 19.3 Å². The van der Waals surface area contributed by atoms with E-state index in [1.54, 1.807) is 6.34 Å². The monoisotopic (exact) mass is 303 g/mol. The summed E-state index contributed by atoms with van der Waals surface area (Å²) in [4.78, 5) is 15.2. The van der Waals surface area contributed by atoms with Gasteiger partial charge in [-0.05, 0) is 25.8 Å². The van der Waals surface area contributed by atoms with Gasteiger partial charge in [0.05, 0.1) is 24.4 Å². The Balaban J connectivity index is 2.00. The molecule has 2 aromatic rings. The number of nitrogens with zero attached hydrogens (tertiary/aromatic N) is 5.